The SMILES string of the molecule is Cc1cc(C)cc(N/C=C\C(=O)c2ccccc2)c1. The van der Waals surface area contributed by atoms with Gasteiger partial charge >= 0.3 is 0 Å². The monoisotopic (exact) mass is 251 g/mol. The zero-order valence-electron chi connectivity index (χ0n) is 11.2. The maximum atomic E-state index is 11.8. The van der Waals surface area contributed by atoms with Crippen molar-refractivity contribution >= 4 is 11.5 Å². The van der Waals surface area contributed by atoms with Crippen molar-refractivity contribution in [2.75, 3.05) is 5.32 Å². The molecule has 0 aliphatic rings. The van der Waals surface area contributed by atoms with Crippen LogP contribution in [0.5, 0.6) is 0 Å². The van der Waals surface area contributed by atoms with Gasteiger partial charge in [-0.3, -0.25) is 4.79 Å². The van der Waals surface area contributed by atoms with Crippen LogP contribution in [-0.2, 0) is 0 Å². The van der Waals surface area contributed by atoms with Gasteiger partial charge in [-0.05, 0) is 37.1 Å². The summed E-state index contributed by atoms with van der Waals surface area (Å²) in [5.41, 5.74) is 4.09. The Kier molecular flexibility index (Phi) is 4.14. The first-order valence-corrected chi connectivity index (χ1v) is 6.26. The predicted molar refractivity (Wildman–Crippen MR) is 79.5 cm³/mol. The number of nitrogens with one attached hydrogen (secondary N) is 1. The number of carbonyl (C=O) groups excluding carboxylic acids is 1. The minimum Gasteiger partial charge on any atom is -0.362 e. The first-order valence-electron chi connectivity index (χ1n) is 6.26. The number of aryl methyl sites for hydroxylation is 2. The highest BCUT2D eigenvalue weighted by Crippen LogP contribution is 2.13. The van der Waals surface area contributed by atoms with E-state index in [1.165, 1.54) is 11.1 Å². The van der Waals surface area contributed by atoms with Crippen molar-refractivity contribution in [2.45, 2.75) is 13.8 Å². The van der Waals surface area contributed by atoms with Crippen LogP contribution in [0, 0.1) is 13.8 Å². The Labute approximate surface area is 113 Å². The normalized spacial score (nSPS) is 10.6. The van der Waals surface area contributed by atoms with E-state index in [1.54, 1.807) is 12.3 Å². The van der Waals surface area contributed by atoms with Crippen LogP contribution < -0.4 is 5.32 Å². The Morgan fingerprint density at radius 2 is 1.63 bits per heavy atom. The second-order valence-corrected chi connectivity index (χ2v) is 4.58. The number of hydrogen-bond donors (Lipinski definition) is 1. The molecule has 2 heteroatoms. The van der Waals surface area contributed by atoms with Crippen LogP contribution in [-0.4, -0.2) is 5.78 Å². The summed E-state index contributed by atoms with van der Waals surface area (Å²) in [6, 6.07) is 15.4. The summed E-state index contributed by atoms with van der Waals surface area (Å²) in [5, 5.41) is 3.13. The van der Waals surface area contributed by atoms with Crippen molar-refractivity contribution < 1.29 is 4.79 Å². The van der Waals surface area contributed by atoms with Gasteiger partial charge in [0.2, 0.25) is 0 Å². The van der Waals surface area contributed by atoms with Crippen LogP contribution in [0.3, 0.4) is 0 Å². The lowest BCUT2D eigenvalue weighted by atomic mass is 10.1. The van der Waals surface area contributed by atoms with Crippen molar-refractivity contribution in [2.24, 2.45) is 0 Å². The summed E-state index contributed by atoms with van der Waals surface area (Å²) in [4.78, 5) is 11.8. The van der Waals surface area contributed by atoms with E-state index in [0.717, 1.165) is 5.69 Å². The molecular weight excluding hydrogens is 234 g/mol. The number of hydrogen-bond acceptors (Lipinski definition) is 2. The predicted octanol–water partition coefficient (Wildman–Crippen LogP) is 4.11. The van der Waals surface area contributed by atoms with Crippen molar-refractivity contribution in [3.8, 4) is 0 Å². The molecule has 0 heterocycles. The molecule has 0 radical (unpaired) electrons. The molecule has 2 aromatic rings. The van der Waals surface area contributed by atoms with Gasteiger partial charge in [0.15, 0.2) is 5.78 Å². The van der Waals surface area contributed by atoms with Gasteiger partial charge in [-0.1, -0.05) is 36.4 Å². The fourth-order valence-electron chi connectivity index (χ4n) is 1.97. The highest BCUT2D eigenvalue weighted by molar-refractivity contribution is 6.04. The summed E-state index contributed by atoms with van der Waals surface area (Å²) >= 11 is 0. The van der Waals surface area contributed by atoms with Crippen LogP contribution in [0.15, 0.2) is 60.8 Å². The van der Waals surface area contributed by atoms with E-state index >= 15 is 0 Å². The fraction of sp³-hybridized carbons (Fsp3) is 0.118. The topological polar surface area (TPSA) is 29.1 Å². The van der Waals surface area contributed by atoms with E-state index in [-0.39, 0.29) is 5.78 Å². The summed E-state index contributed by atoms with van der Waals surface area (Å²) in [7, 11) is 0. The first kappa shape index (κ1) is 13.1. The first-order chi connectivity index (χ1) is 9.15. The summed E-state index contributed by atoms with van der Waals surface area (Å²) in [6.07, 6.45) is 3.23. The standard InChI is InChI=1S/C17H17NO/c1-13-10-14(2)12-16(11-13)18-9-8-17(19)15-6-4-3-5-7-15/h3-12,18H,1-2H3/b9-8-. The van der Waals surface area contributed by atoms with E-state index in [0.29, 0.717) is 5.56 Å². The van der Waals surface area contributed by atoms with Crippen LogP contribution in [0.25, 0.3) is 0 Å². The third-order valence-electron chi connectivity index (χ3n) is 2.76. The third kappa shape index (κ3) is 3.81. The molecule has 0 bridgehead atoms. The highest BCUT2D eigenvalue weighted by atomic mass is 16.1. The van der Waals surface area contributed by atoms with Gasteiger partial charge in [0, 0.05) is 23.5 Å². The minimum absolute atomic E-state index is 0.00234. The highest BCUT2D eigenvalue weighted by Gasteiger charge is 1.99. The summed E-state index contributed by atoms with van der Waals surface area (Å²) in [6.45, 7) is 4.11. The van der Waals surface area contributed by atoms with Crippen molar-refractivity contribution in [3.63, 3.8) is 0 Å². The zero-order valence-corrected chi connectivity index (χ0v) is 11.2. The van der Waals surface area contributed by atoms with Crippen LogP contribution in [0.2, 0.25) is 0 Å². The molecule has 0 amide bonds. The van der Waals surface area contributed by atoms with Gasteiger partial charge in [0.05, 0.1) is 0 Å². The Balaban J connectivity index is 2.02. The summed E-state index contributed by atoms with van der Waals surface area (Å²) in [5.74, 6) is -0.00234. The largest absolute Gasteiger partial charge is 0.362 e. The number of ketones is 1. The molecule has 1 N–H and O–H groups in total. The maximum Gasteiger partial charge on any atom is 0.187 e. The molecule has 2 rings (SSSR count). The molecule has 0 fully saturated rings. The lowest BCUT2D eigenvalue weighted by Crippen LogP contribution is -1.96. The Bertz CT molecular complexity index is 580. The average molecular weight is 251 g/mol. The Hall–Kier alpha value is -2.35. The lowest BCUT2D eigenvalue weighted by Gasteiger charge is -2.04. The van der Waals surface area contributed by atoms with Gasteiger partial charge in [0.1, 0.15) is 0 Å². The Morgan fingerprint density at radius 1 is 1.00 bits per heavy atom. The summed E-state index contributed by atoms with van der Waals surface area (Å²) < 4.78 is 0. The molecular formula is C17H17NO. The van der Waals surface area contributed by atoms with E-state index in [2.05, 4.69) is 25.2 Å². The second-order valence-electron chi connectivity index (χ2n) is 4.58. The van der Waals surface area contributed by atoms with Gasteiger partial charge in [-0.2, -0.15) is 0 Å². The van der Waals surface area contributed by atoms with Crippen LogP contribution in [0.4, 0.5) is 5.69 Å². The quantitative estimate of drug-likeness (QED) is 0.654. The van der Waals surface area contributed by atoms with Gasteiger partial charge in [-0.25, -0.2) is 0 Å². The van der Waals surface area contributed by atoms with Crippen molar-refractivity contribution in [3.05, 3.63) is 77.5 Å². The van der Waals surface area contributed by atoms with E-state index < -0.39 is 0 Å². The number of allylic oxidation sites excluding steroid dienone is 1. The lowest BCUT2D eigenvalue weighted by molar-refractivity contribution is 0.104. The fourth-order valence-corrected chi connectivity index (χ4v) is 1.97. The second kappa shape index (κ2) is 6.01. The molecule has 0 aromatic heterocycles. The van der Waals surface area contributed by atoms with Gasteiger partial charge < -0.3 is 5.32 Å². The molecule has 96 valence electrons. The average Bonchev–Trinajstić information content (AvgIpc) is 2.38. The molecule has 0 aliphatic carbocycles. The molecule has 2 nitrogen and oxygen atoms in total. The molecule has 0 unspecified atom stereocenters. The van der Waals surface area contributed by atoms with Crippen molar-refractivity contribution in [1.29, 1.82) is 0 Å². The number of carbonyl (C=O) groups is 1. The molecule has 2 aromatic carbocycles. The van der Waals surface area contributed by atoms with Gasteiger partial charge in [0.25, 0.3) is 0 Å². The molecule has 0 atom stereocenters. The smallest absolute Gasteiger partial charge is 0.187 e. The number of anilines is 1. The van der Waals surface area contributed by atoms with E-state index in [9.17, 15) is 4.79 Å². The van der Waals surface area contributed by atoms with E-state index in [4.69, 9.17) is 0 Å². The number of rotatable bonds is 4. The zero-order chi connectivity index (χ0) is 13.7. The maximum absolute atomic E-state index is 11.8. The van der Waals surface area contributed by atoms with Crippen LogP contribution >= 0.6 is 0 Å². The van der Waals surface area contributed by atoms with Crippen molar-refractivity contribution in [1.82, 2.24) is 0 Å². The molecule has 0 saturated heterocycles. The third-order valence-corrected chi connectivity index (χ3v) is 2.76. The molecule has 0 saturated carbocycles. The number of benzene rings is 2. The minimum atomic E-state index is -0.00234. The molecule has 0 aliphatic heterocycles. The van der Waals surface area contributed by atoms with Gasteiger partial charge in [-0.15, -0.1) is 0 Å². The molecule has 19 heavy (non-hydrogen) atoms. The Morgan fingerprint density at radius 3 is 2.26 bits per heavy atom. The van der Waals surface area contributed by atoms with Crippen LogP contribution in [0.1, 0.15) is 21.5 Å². The van der Waals surface area contributed by atoms with E-state index in [1.807, 2.05) is 42.5 Å². The molecule has 0 spiro atoms.